The molecule has 7 heteroatoms. The molecule has 0 aliphatic carbocycles. The summed E-state index contributed by atoms with van der Waals surface area (Å²) in [6.07, 6.45) is 5.12. The molecular weight excluding hydrogens is 418 g/mol. The Hall–Kier alpha value is -4.10. The third-order valence-electron chi connectivity index (χ3n) is 5.56. The number of aromatic amines is 2. The topological polar surface area (TPSA) is 87.3 Å². The van der Waals surface area contributed by atoms with Crippen molar-refractivity contribution in [3.05, 3.63) is 78.1 Å². The normalized spacial score (nSPS) is 11.4. The number of Topliss-reactive ketones (excluding diaryl/α,β-unsaturated/α-hetero) is 1. The molecule has 0 spiro atoms. The molecular formula is C25H17N5OS. The van der Waals surface area contributed by atoms with E-state index in [0.29, 0.717) is 0 Å². The van der Waals surface area contributed by atoms with Crippen molar-refractivity contribution >= 4 is 38.9 Å². The number of benzene rings is 2. The van der Waals surface area contributed by atoms with Crippen molar-refractivity contribution in [3.8, 4) is 33.1 Å². The SMILES string of the molecule is CC(=O)c1ccc(-c2cccc3[nH]c(-c4n[nH]c5ccc(-c6cnccn6)cc45)cc23)s1. The van der Waals surface area contributed by atoms with Crippen LogP contribution in [0.25, 0.3) is 54.9 Å². The maximum absolute atomic E-state index is 11.8. The Labute approximate surface area is 187 Å². The highest BCUT2D eigenvalue weighted by Crippen LogP contribution is 2.37. The first-order valence-corrected chi connectivity index (χ1v) is 11.0. The van der Waals surface area contributed by atoms with Crippen molar-refractivity contribution in [2.75, 3.05) is 0 Å². The van der Waals surface area contributed by atoms with E-state index in [1.807, 2.05) is 30.3 Å². The second-order valence-corrected chi connectivity index (χ2v) is 8.68. The number of fused-ring (bicyclic) bond motifs is 2. The highest BCUT2D eigenvalue weighted by Gasteiger charge is 2.15. The molecule has 0 aliphatic heterocycles. The quantitative estimate of drug-likeness (QED) is 0.328. The van der Waals surface area contributed by atoms with Gasteiger partial charge in [-0.1, -0.05) is 18.2 Å². The Balaban J connectivity index is 1.49. The minimum atomic E-state index is 0.0880. The van der Waals surface area contributed by atoms with Crippen LogP contribution < -0.4 is 0 Å². The summed E-state index contributed by atoms with van der Waals surface area (Å²) in [6.45, 7) is 1.60. The van der Waals surface area contributed by atoms with Crippen LogP contribution in [0, 0.1) is 0 Å². The number of ketones is 1. The maximum Gasteiger partial charge on any atom is 0.169 e. The lowest BCUT2D eigenvalue weighted by atomic mass is 10.1. The zero-order chi connectivity index (χ0) is 21.7. The summed E-state index contributed by atoms with van der Waals surface area (Å²) in [5.74, 6) is 0.0880. The van der Waals surface area contributed by atoms with Gasteiger partial charge in [-0.15, -0.1) is 11.3 Å². The molecule has 154 valence electrons. The molecule has 2 N–H and O–H groups in total. The minimum Gasteiger partial charge on any atom is -0.353 e. The average Bonchev–Trinajstić information content (AvgIpc) is 3.56. The van der Waals surface area contributed by atoms with Gasteiger partial charge < -0.3 is 4.98 Å². The van der Waals surface area contributed by atoms with Crippen LogP contribution in [0.4, 0.5) is 0 Å². The van der Waals surface area contributed by atoms with Crippen LogP contribution >= 0.6 is 11.3 Å². The highest BCUT2D eigenvalue weighted by atomic mass is 32.1. The molecule has 4 heterocycles. The second-order valence-electron chi connectivity index (χ2n) is 7.59. The standard InChI is InChI=1S/C25H17N5OS/c1-14(31)23-7-8-24(32-23)16-3-2-4-19-17(16)12-21(28-19)25-18-11-15(5-6-20(18)29-30-25)22-13-26-9-10-27-22/h2-13,28H,1H3,(H,29,30). The molecule has 0 aliphatic rings. The summed E-state index contributed by atoms with van der Waals surface area (Å²) in [5.41, 5.74) is 6.66. The van der Waals surface area contributed by atoms with E-state index in [1.54, 1.807) is 25.5 Å². The maximum atomic E-state index is 11.8. The molecule has 0 amide bonds. The number of nitrogens with one attached hydrogen (secondary N) is 2. The first-order chi connectivity index (χ1) is 15.7. The number of hydrogen-bond donors (Lipinski definition) is 2. The molecule has 0 radical (unpaired) electrons. The lowest BCUT2D eigenvalue weighted by molar-refractivity contribution is 0.102. The number of carbonyl (C=O) groups excluding carboxylic acids is 1. The minimum absolute atomic E-state index is 0.0880. The van der Waals surface area contributed by atoms with E-state index in [0.717, 1.165) is 59.8 Å². The van der Waals surface area contributed by atoms with Gasteiger partial charge in [-0.05, 0) is 43.3 Å². The van der Waals surface area contributed by atoms with Crippen LogP contribution in [0.15, 0.2) is 73.2 Å². The Morgan fingerprint density at radius 3 is 2.72 bits per heavy atom. The monoisotopic (exact) mass is 435 g/mol. The highest BCUT2D eigenvalue weighted by molar-refractivity contribution is 7.17. The first kappa shape index (κ1) is 18.7. The Kier molecular flexibility index (Phi) is 4.22. The van der Waals surface area contributed by atoms with Crippen LogP contribution in [-0.2, 0) is 0 Å². The molecule has 2 aromatic carbocycles. The Bertz CT molecular complexity index is 1610. The molecule has 0 bridgehead atoms. The number of H-pyrrole nitrogens is 2. The van der Waals surface area contributed by atoms with Crippen LogP contribution in [0.2, 0.25) is 0 Å². The Morgan fingerprint density at radius 1 is 0.969 bits per heavy atom. The number of hydrogen-bond acceptors (Lipinski definition) is 5. The molecule has 0 unspecified atom stereocenters. The lowest BCUT2D eigenvalue weighted by Crippen LogP contribution is -1.84. The summed E-state index contributed by atoms with van der Waals surface area (Å²) in [7, 11) is 0. The van der Waals surface area contributed by atoms with Crippen LogP contribution in [0.3, 0.4) is 0 Å². The zero-order valence-corrected chi connectivity index (χ0v) is 17.9. The van der Waals surface area contributed by atoms with E-state index in [-0.39, 0.29) is 5.78 Å². The van der Waals surface area contributed by atoms with Gasteiger partial charge in [-0.25, -0.2) is 0 Å². The summed E-state index contributed by atoms with van der Waals surface area (Å²) < 4.78 is 0. The van der Waals surface area contributed by atoms with E-state index < -0.39 is 0 Å². The molecule has 6 nitrogen and oxygen atoms in total. The second kappa shape index (κ2) is 7.25. The van der Waals surface area contributed by atoms with E-state index in [1.165, 1.54) is 11.3 Å². The van der Waals surface area contributed by atoms with Crippen molar-refractivity contribution < 1.29 is 4.79 Å². The fourth-order valence-electron chi connectivity index (χ4n) is 4.00. The first-order valence-electron chi connectivity index (χ1n) is 10.1. The van der Waals surface area contributed by atoms with Crippen molar-refractivity contribution in [2.45, 2.75) is 6.92 Å². The largest absolute Gasteiger partial charge is 0.353 e. The van der Waals surface area contributed by atoms with Crippen molar-refractivity contribution in [3.63, 3.8) is 0 Å². The molecule has 4 aromatic heterocycles. The summed E-state index contributed by atoms with van der Waals surface area (Å²) in [6, 6.07) is 18.3. The van der Waals surface area contributed by atoms with Gasteiger partial charge in [0.1, 0.15) is 5.69 Å². The molecule has 6 rings (SSSR count). The van der Waals surface area contributed by atoms with Gasteiger partial charge in [-0.3, -0.25) is 19.9 Å². The van der Waals surface area contributed by atoms with E-state index in [2.05, 4.69) is 49.4 Å². The Morgan fingerprint density at radius 2 is 1.91 bits per heavy atom. The van der Waals surface area contributed by atoms with E-state index in [4.69, 9.17) is 0 Å². The van der Waals surface area contributed by atoms with Crippen molar-refractivity contribution in [1.82, 2.24) is 25.1 Å². The number of aromatic nitrogens is 5. The van der Waals surface area contributed by atoms with Gasteiger partial charge in [0.15, 0.2) is 5.78 Å². The van der Waals surface area contributed by atoms with Gasteiger partial charge in [0.25, 0.3) is 0 Å². The molecule has 0 saturated heterocycles. The third-order valence-corrected chi connectivity index (χ3v) is 6.78. The summed E-state index contributed by atoms with van der Waals surface area (Å²) >= 11 is 1.52. The fraction of sp³-hybridized carbons (Fsp3) is 0.0400. The molecule has 0 atom stereocenters. The number of nitrogens with zero attached hydrogens (tertiary/aromatic N) is 3. The van der Waals surface area contributed by atoms with Gasteiger partial charge in [-0.2, -0.15) is 5.10 Å². The summed E-state index contributed by atoms with van der Waals surface area (Å²) in [5, 5.41) is 9.83. The number of carbonyl (C=O) groups is 1. The van der Waals surface area contributed by atoms with E-state index in [9.17, 15) is 4.79 Å². The lowest BCUT2D eigenvalue weighted by Gasteiger charge is -2.00. The molecule has 6 aromatic rings. The van der Waals surface area contributed by atoms with Crippen LogP contribution in [0.1, 0.15) is 16.6 Å². The number of rotatable bonds is 4. The predicted octanol–water partition coefficient (Wildman–Crippen LogP) is 6.10. The van der Waals surface area contributed by atoms with Gasteiger partial charge >= 0.3 is 0 Å². The smallest absolute Gasteiger partial charge is 0.169 e. The van der Waals surface area contributed by atoms with Gasteiger partial charge in [0.2, 0.25) is 0 Å². The van der Waals surface area contributed by atoms with E-state index >= 15 is 0 Å². The van der Waals surface area contributed by atoms with Gasteiger partial charge in [0.05, 0.1) is 28.0 Å². The molecule has 32 heavy (non-hydrogen) atoms. The van der Waals surface area contributed by atoms with Gasteiger partial charge in [0, 0.05) is 44.7 Å². The average molecular weight is 436 g/mol. The van der Waals surface area contributed by atoms with Crippen molar-refractivity contribution in [1.29, 1.82) is 0 Å². The summed E-state index contributed by atoms with van der Waals surface area (Å²) in [4.78, 5) is 25.7. The van der Waals surface area contributed by atoms with Crippen LogP contribution in [0.5, 0.6) is 0 Å². The van der Waals surface area contributed by atoms with Crippen molar-refractivity contribution in [2.24, 2.45) is 0 Å². The zero-order valence-electron chi connectivity index (χ0n) is 17.1. The predicted molar refractivity (Wildman–Crippen MR) is 128 cm³/mol. The fourth-order valence-corrected chi connectivity index (χ4v) is 4.94. The van der Waals surface area contributed by atoms with Crippen LogP contribution in [-0.4, -0.2) is 30.9 Å². The molecule has 0 saturated carbocycles. The number of thiophene rings is 1. The third kappa shape index (κ3) is 3.02. The molecule has 0 fully saturated rings.